The number of aromatic nitrogens is 1. The number of hydrogen-bond acceptors (Lipinski definition) is 4. The van der Waals surface area contributed by atoms with Gasteiger partial charge in [-0.2, -0.15) is 11.8 Å². The number of methoxy groups -OCH3 is 1. The molecule has 1 aliphatic rings. The van der Waals surface area contributed by atoms with E-state index in [4.69, 9.17) is 4.74 Å². The van der Waals surface area contributed by atoms with Crippen LogP contribution in [-0.4, -0.2) is 47.7 Å². The molecule has 1 fully saturated rings. The van der Waals surface area contributed by atoms with Gasteiger partial charge in [0.25, 0.3) is 0 Å². The summed E-state index contributed by atoms with van der Waals surface area (Å²) in [6, 6.07) is 4.24. The third-order valence-electron chi connectivity index (χ3n) is 4.19. The number of ether oxygens (including phenoxy) is 1. The molecule has 0 spiro atoms. The average Bonchev–Trinajstić information content (AvgIpc) is 2.44. The lowest BCUT2D eigenvalue weighted by Crippen LogP contribution is -2.45. The molecule has 20 heavy (non-hydrogen) atoms. The van der Waals surface area contributed by atoms with Gasteiger partial charge in [0, 0.05) is 50.5 Å². The molecule has 0 radical (unpaired) electrons. The highest BCUT2D eigenvalue weighted by molar-refractivity contribution is 8.00. The zero-order chi connectivity index (χ0) is 14.3. The Hall–Kier alpha value is -0.580. The summed E-state index contributed by atoms with van der Waals surface area (Å²) < 4.78 is 5.70. The van der Waals surface area contributed by atoms with Crippen molar-refractivity contribution in [2.75, 3.05) is 33.1 Å². The Morgan fingerprint density at radius 2 is 2.10 bits per heavy atom. The molecule has 1 saturated carbocycles. The van der Waals surface area contributed by atoms with Crippen LogP contribution in [0.4, 0.5) is 0 Å². The molecule has 4 heteroatoms. The second-order valence-corrected chi connectivity index (χ2v) is 6.93. The fourth-order valence-electron chi connectivity index (χ4n) is 2.80. The van der Waals surface area contributed by atoms with E-state index in [9.17, 15) is 0 Å². The second-order valence-electron chi connectivity index (χ2n) is 5.65. The minimum atomic E-state index is 0.500. The molecular weight excluding hydrogens is 268 g/mol. The number of hydrogen-bond donors (Lipinski definition) is 0. The fraction of sp³-hybridized carbons (Fsp3) is 0.688. The lowest BCUT2D eigenvalue weighted by atomic mass is 9.83. The Bertz CT molecular complexity index is 376. The number of thioether (sulfide) groups is 1. The SMILES string of the molecule is COCCCN(Cc1ccncc1)CC1(SC)CCC1. The molecule has 0 unspecified atom stereocenters. The molecule has 3 nitrogen and oxygen atoms in total. The molecule has 0 atom stereocenters. The molecule has 1 aromatic heterocycles. The van der Waals surface area contributed by atoms with Crippen molar-refractivity contribution < 1.29 is 4.74 Å². The first-order valence-corrected chi connectivity index (χ1v) is 8.66. The first-order valence-electron chi connectivity index (χ1n) is 7.43. The van der Waals surface area contributed by atoms with Crippen molar-refractivity contribution in [3.63, 3.8) is 0 Å². The molecule has 0 saturated heterocycles. The smallest absolute Gasteiger partial charge is 0.0474 e. The van der Waals surface area contributed by atoms with E-state index in [2.05, 4.69) is 40.0 Å². The van der Waals surface area contributed by atoms with Gasteiger partial charge in [0.05, 0.1) is 0 Å². The maximum absolute atomic E-state index is 5.20. The second kappa shape index (κ2) is 8.01. The van der Waals surface area contributed by atoms with Gasteiger partial charge in [0.15, 0.2) is 0 Å². The van der Waals surface area contributed by atoms with Crippen molar-refractivity contribution in [3.05, 3.63) is 30.1 Å². The summed E-state index contributed by atoms with van der Waals surface area (Å²) in [5, 5.41) is 0. The van der Waals surface area contributed by atoms with Crippen molar-refractivity contribution in [1.29, 1.82) is 0 Å². The van der Waals surface area contributed by atoms with Crippen LogP contribution in [0.3, 0.4) is 0 Å². The molecule has 112 valence electrons. The maximum atomic E-state index is 5.20. The molecular formula is C16H26N2OS. The Labute approximate surface area is 127 Å². The van der Waals surface area contributed by atoms with Crippen molar-refractivity contribution in [1.82, 2.24) is 9.88 Å². The van der Waals surface area contributed by atoms with Crippen LogP contribution in [0, 0.1) is 0 Å². The van der Waals surface area contributed by atoms with E-state index in [0.717, 1.165) is 26.1 Å². The minimum Gasteiger partial charge on any atom is -0.385 e. The number of pyridine rings is 1. The van der Waals surface area contributed by atoms with Gasteiger partial charge in [-0.05, 0) is 43.2 Å². The largest absolute Gasteiger partial charge is 0.385 e. The Morgan fingerprint density at radius 1 is 1.35 bits per heavy atom. The van der Waals surface area contributed by atoms with E-state index >= 15 is 0 Å². The van der Waals surface area contributed by atoms with Gasteiger partial charge in [-0.15, -0.1) is 0 Å². The summed E-state index contributed by atoms with van der Waals surface area (Å²) >= 11 is 2.05. The summed E-state index contributed by atoms with van der Waals surface area (Å²) in [6.07, 6.45) is 11.3. The van der Waals surface area contributed by atoms with Gasteiger partial charge < -0.3 is 4.74 Å². The first-order chi connectivity index (χ1) is 9.78. The van der Waals surface area contributed by atoms with Gasteiger partial charge in [0.1, 0.15) is 0 Å². The first kappa shape index (κ1) is 15.8. The Balaban J connectivity index is 1.93. The summed E-state index contributed by atoms with van der Waals surface area (Å²) in [5.41, 5.74) is 1.35. The van der Waals surface area contributed by atoms with Crippen LogP contribution in [0.2, 0.25) is 0 Å². The highest BCUT2D eigenvalue weighted by Gasteiger charge is 2.37. The molecule has 0 bridgehead atoms. The molecule has 0 amide bonds. The molecule has 1 aromatic rings. The van der Waals surface area contributed by atoms with Gasteiger partial charge in [-0.1, -0.05) is 6.42 Å². The van der Waals surface area contributed by atoms with Crippen molar-refractivity contribution in [2.45, 2.75) is 37.0 Å². The van der Waals surface area contributed by atoms with E-state index in [1.54, 1.807) is 7.11 Å². The molecule has 0 aliphatic heterocycles. The van der Waals surface area contributed by atoms with Crippen LogP contribution >= 0.6 is 11.8 Å². The van der Waals surface area contributed by atoms with Crippen LogP contribution in [0.15, 0.2) is 24.5 Å². The van der Waals surface area contributed by atoms with Crippen molar-refractivity contribution in [2.24, 2.45) is 0 Å². The topological polar surface area (TPSA) is 25.4 Å². The lowest BCUT2D eigenvalue weighted by Gasteiger charge is -2.44. The standard InChI is InChI=1S/C16H26N2OS/c1-19-12-4-11-18(13-15-5-9-17-10-6-15)14-16(20-2)7-3-8-16/h5-6,9-10H,3-4,7-8,11-14H2,1-2H3. The third kappa shape index (κ3) is 4.47. The number of nitrogens with zero attached hydrogens (tertiary/aromatic N) is 2. The summed E-state index contributed by atoms with van der Waals surface area (Å²) in [6.45, 7) is 4.17. The predicted octanol–water partition coefficient (Wildman–Crippen LogP) is 3.21. The lowest BCUT2D eigenvalue weighted by molar-refractivity contribution is 0.152. The van der Waals surface area contributed by atoms with E-state index in [-0.39, 0.29) is 0 Å². The van der Waals surface area contributed by atoms with Gasteiger partial charge in [0.2, 0.25) is 0 Å². The summed E-state index contributed by atoms with van der Waals surface area (Å²) in [4.78, 5) is 6.69. The van der Waals surface area contributed by atoms with Gasteiger partial charge >= 0.3 is 0 Å². The van der Waals surface area contributed by atoms with Gasteiger partial charge in [-0.25, -0.2) is 0 Å². The van der Waals surface area contributed by atoms with E-state index in [0.29, 0.717) is 4.75 Å². The van der Waals surface area contributed by atoms with E-state index in [1.165, 1.54) is 31.4 Å². The zero-order valence-corrected chi connectivity index (χ0v) is 13.5. The summed E-state index contributed by atoms with van der Waals surface area (Å²) in [7, 11) is 1.78. The fourth-order valence-corrected chi connectivity index (χ4v) is 3.81. The molecule has 0 N–H and O–H groups in total. The molecule has 2 rings (SSSR count). The summed E-state index contributed by atoms with van der Waals surface area (Å²) in [5.74, 6) is 0. The monoisotopic (exact) mass is 294 g/mol. The van der Waals surface area contributed by atoms with E-state index < -0.39 is 0 Å². The quantitative estimate of drug-likeness (QED) is 0.653. The average molecular weight is 294 g/mol. The van der Waals surface area contributed by atoms with Gasteiger partial charge in [-0.3, -0.25) is 9.88 Å². The maximum Gasteiger partial charge on any atom is 0.0474 e. The minimum absolute atomic E-state index is 0.500. The highest BCUT2D eigenvalue weighted by Crippen LogP contribution is 2.43. The molecule has 0 aromatic carbocycles. The van der Waals surface area contributed by atoms with Crippen LogP contribution in [-0.2, 0) is 11.3 Å². The van der Waals surface area contributed by atoms with Crippen LogP contribution in [0.5, 0.6) is 0 Å². The normalized spacial score (nSPS) is 17.1. The Kier molecular flexibility index (Phi) is 6.33. The van der Waals surface area contributed by atoms with Crippen molar-refractivity contribution in [3.8, 4) is 0 Å². The van der Waals surface area contributed by atoms with Crippen LogP contribution in [0.1, 0.15) is 31.2 Å². The van der Waals surface area contributed by atoms with Crippen molar-refractivity contribution >= 4 is 11.8 Å². The predicted molar refractivity (Wildman–Crippen MR) is 86.1 cm³/mol. The van der Waals surface area contributed by atoms with Crippen LogP contribution < -0.4 is 0 Å². The number of rotatable bonds is 9. The third-order valence-corrected chi connectivity index (χ3v) is 5.59. The molecule has 1 heterocycles. The zero-order valence-electron chi connectivity index (χ0n) is 12.7. The molecule has 1 aliphatic carbocycles. The van der Waals surface area contributed by atoms with Crippen LogP contribution in [0.25, 0.3) is 0 Å². The van der Waals surface area contributed by atoms with E-state index in [1.807, 2.05) is 12.4 Å². The highest BCUT2D eigenvalue weighted by atomic mass is 32.2. The Morgan fingerprint density at radius 3 is 2.65 bits per heavy atom.